The highest BCUT2D eigenvalue weighted by Gasteiger charge is 2.28. The molecule has 0 radical (unpaired) electrons. The molecule has 100 valence electrons. The minimum absolute atomic E-state index is 0.304. The summed E-state index contributed by atoms with van der Waals surface area (Å²) in [4.78, 5) is 0. The summed E-state index contributed by atoms with van der Waals surface area (Å²) < 4.78 is 0. The van der Waals surface area contributed by atoms with Gasteiger partial charge in [-0.2, -0.15) is 0 Å². The van der Waals surface area contributed by atoms with E-state index in [1.807, 2.05) is 6.07 Å². The zero-order valence-corrected chi connectivity index (χ0v) is 11.4. The summed E-state index contributed by atoms with van der Waals surface area (Å²) in [5, 5.41) is 14.1. The van der Waals surface area contributed by atoms with Gasteiger partial charge in [0.1, 0.15) is 0 Å². The smallest absolute Gasteiger partial charge is 0.0771 e. The van der Waals surface area contributed by atoms with Gasteiger partial charge in [0, 0.05) is 12.6 Å². The van der Waals surface area contributed by atoms with Crippen LogP contribution in [0.1, 0.15) is 57.1 Å². The molecule has 0 amide bonds. The van der Waals surface area contributed by atoms with Gasteiger partial charge in [-0.1, -0.05) is 56.0 Å². The number of aliphatic hydroxyl groups is 1. The van der Waals surface area contributed by atoms with E-state index in [9.17, 15) is 5.11 Å². The van der Waals surface area contributed by atoms with Crippen LogP contribution < -0.4 is 5.32 Å². The van der Waals surface area contributed by atoms with Crippen molar-refractivity contribution in [3.05, 3.63) is 35.9 Å². The van der Waals surface area contributed by atoms with Crippen molar-refractivity contribution in [2.45, 2.75) is 57.1 Å². The van der Waals surface area contributed by atoms with Gasteiger partial charge in [0.05, 0.1) is 5.60 Å². The van der Waals surface area contributed by atoms with Gasteiger partial charge < -0.3 is 10.4 Å². The Balaban J connectivity index is 1.86. The normalized spacial score (nSPS) is 21.2. The van der Waals surface area contributed by atoms with Gasteiger partial charge in [0.25, 0.3) is 0 Å². The third kappa shape index (κ3) is 3.82. The number of hydrogen-bond donors (Lipinski definition) is 2. The van der Waals surface area contributed by atoms with E-state index in [0.717, 1.165) is 25.7 Å². The molecular formula is C16H25NO. The number of rotatable bonds is 4. The molecule has 1 aromatic carbocycles. The van der Waals surface area contributed by atoms with E-state index in [-0.39, 0.29) is 0 Å². The first kappa shape index (κ1) is 13.6. The summed E-state index contributed by atoms with van der Waals surface area (Å²) in [6.07, 6.45) is 6.77. The molecule has 0 spiro atoms. The minimum Gasteiger partial charge on any atom is -0.389 e. The fourth-order valence-electron chi connectivity index (χ4n) is 2.77. The van der Waals surface area contributed by atoms with E-state index in [2.05, 4.69) is 36.5 Å². The van der Waals surface area contributed by atoms with Crippen molar-refractivity contribution in [2.24, 2.45) is 0 Å². The van der Waals surface area contributed by atoms with E-state index in [1.165, 1.54) is 18.4 Å². The monoisotopic (exact) mass is 247 g/mol. The summed E-state index contributed by atoms with van der Waals surface area (Å²) in [5.41, 5.74) is 0.800. The lowest BCUT2D eigenvalue weighted by Crippen LogP contribution is -2.41. The Labute approximate surface area is 110 Å². The van der Waals surface area contributed by atoms with Gasteiger partial charge in [0.15, 0.2) is 0 Å². The summed E-state index contributed by atoms with van der Waals surface area (Å²) in [5.74, 6) is 0. The van der Waals surface area contributed by atoms with Crippen molar-refractivity contribution >= 4 is 0 Å². The van der Waals surface area contributed by atoms with Crippen LogP contribution in [0.25, 0.3) is 0 Å². The van der Waals surface area contributed by atoms with E-state index < -0.39 is 5.60 Å². The van der Waals surface area contributed by atoms with Gasteiger partial charge in [-0.3, -0.25) is 0 Å². The standard InChI is InChI=1S/C16H25NO/c1-14(15-9-5-4-6-10-15)17-13-16(18)11-7-2-3-8-12-16/h4-6,9-10,14,17-18H,2-3,7-8,11-13H2,1H3/t14-/m0/s1. The van der Waals surface area contributed by atoms with Gasteiger partial charge in [-0.15, -0.1) is 0 Å². The zero-order valence-electron chi connectivity index (χ0n) is 11.4. The average Bonchev–Trinajstić information content (AvgIpc) is 2.62. The number of hydrogen-bond acceptors (Lipinski definition) is 2. The lowest BCUT2D eigenvalue weighted by molar-refractivity contribution is 0.0231. The molecule has 1 fully saturated rings. The Morgan fingerprint density at radius 2 is 1.72 bits per heavy atom. The van der Waals surface area contributed by atoms with E-state index in [0.29, 0.717) is 12.6 Å². The highest BCUT2D eigenvalue weighted by molar-refractivity contribution is 5.18. The third-order valence-electron chi connectivity index (χ3n) is 4.07. The summed E-state index contributed by atoms with van der Waals surface area (Å²) in [7, 11) is 0. The molecule has 2 rings (SSSR count). The van der Waals surface area contributed by atoms with Crippen molar-refractivity contribution in [3.8, 4) is 0 Å². The van der Waals surface area contributed by atoms with Crippen molar-refractivity contribution in [1.82, 2.24) is 5.32 Å². The maximum atomic E-state index is 10.6. The van der Waals surface area contributed by atoms with E-state index in [1.54, 1.807) is 0 Å². The van der Waals surface area contributed by atoms with Crippen LogP contribution in [-0.4, -0.2) is 17.3 Å². The van der Waals surface area contributed by atoms with Crippen LogP contribution in [0.2, 0.25) is 0 Å². The van der Waals surface area contributed by atoms with Crippen molar-refractivity contribution in [3.63, 3.8) is 0 Å². The number of benzene rings is 1. The fraction of sp³-hybridized carbons (Fsp3) is 0.625. The molecule has 1 aliphatic carbocycles. The quantitative estimate of drug-likeness (QED) is 0.799. The molecule has 0 saturated heterocycles. The topological polar surface area (TPSA) is 32.3 Å². The highest BCUT2D eigenvalue weighted by Crippen LogP contribution is 2.27. The molecule has 1 saturated carbocycles. The SMILES string of the molecule is C[C@H](NCC1(O)CCCCCC1)c1ccccc1. The molecule has 0 unspecified atom stereocenters. The first-order chi connectivity index (χ1) is 8.70. The van der Waals surface area contributed by atoms with E-state index in [4.69, 9.17) is 0 Å². The summed E-state index contributed by atoms with van der Waals surface area (Å²) >= 11 is 0. The molecule has 1 atom stereocenters. The molecule has 1 aromatic rings. The molecular weight excluding hydrogens is 222 g/mol. The molecule has 0 heterocycles. The molecule has 0 aliphatic heterocycles. The molecule has 0 aromatic heterocycles. The predicted molar refractivity (Wildman–Crippen MR) is 75.5 cm³/mol. The fourth-order valence-corrected chi connectivity index (χ4v) is 2.77. The summed E-state index contributed by atoms with van der Waals surface area (Å²) in [6, 6.07) is 10.7. The molecule has 0 bridgehead atoms. The first-order valence-electron chi connectivity index (χ1n) is 7.20. The van der Waals surface area contributed by atoms with E-state index >= 15 is 0 Å². The van der Waals surface area contributed by atoms with Gasteiger partial charge in [-0.05, 0) is 25.3 Å². The Morgan fingerprint density at radius 3 is 2.33 bits per heavy atom. The van der Waals surface area contributed by atoms with Crippen LogP contribution >= 0.6 is 0 Å². The maximum absolute atomic E-state index is 10.6. The second-order valence-electron chi connectivity index (χ2n) is 5.65. The molecule has 1 aliphatic rings. The minimum atomic E-state index is -0.487. The average molecular weight is 247 g/mol. The Bertz CT molecular complexity index is 341. The van der Waals surface area contributed by atoms with Crippen LogP contribution in [0.5, 0.6) is 0 Å². The van der Waals surface area contributed by atoms with Crippen LogP contribution in [-0.2, 0) is 0 Å². The molecule has 2 N–H and O–H groups in total. The van der Waals surface area contributed by atoms with Crippen molar-refractivity contribution in [2.75, 3.05) is 6.54 Å². The molecule has 2 nitrogen and oxygen atoms in total. The third-order valence-corrected chi connectivity index (χ3v) is 4.07. The van der Waals surface area contributed by atoms with Crippen molar-refractivity contribution < 1.29 is 5.11 Å². The Hall–Kier alpha value is -0.860. The Kier molecular flexibility index (Phi) is 4.79. The highest BCUT2D eigenvalue weighted by atomic mass is 16.3. The van der Waals surface area contributed by atoms with Gasteiger partial charge in [0.2, 0.25) is 0 Å². The van der Waals surface area contributed by atoms with Crippen LogP contribution in [0, 0.1) is 0 Å². The first-order valence-corrected chi connectivity index (χ1v) is 7.20. The lowest BCUT2D eigenvalue weighted by atomic mass is 9.94. The lowest BCUT2D eigenvalue weighted by Gasteiger charge is -2.29. The van der Waals surface area contributed by atoms with Crippen LogP contribution in [0.4, 0.5) is 0 Å². The van der Waals surface area contributed by atoms with Crippen molar-refractivity contribution in [1.29, 1.82) is 0 Å². The molecule has 2 heteroatoms. The second kappa shape index (κ2) is 6.35. The largest absolute Gasteiger partial charge is 0.389 e. The summed E-state index contributed by atoms with van der Waals surface area (Å²) in [6.45, 7) is 2.87. The number of nitrogens with one attached hydrogen (secondary N) is 1. The van der Waals surface area contributed by atoms with Crippen LogP contribution in [0.15, 0.2) is 30.3 Å². The van der Waals surface area contributed by atoms with Crippen LogP contribution in [0.3, 0.4) is 0 Å². The predicted octanol–water partition coefficient (Wildman–Crippen LogP) is 3.42. The second-order valence-corrected chi connectivity index (χ2v) is 5.65. The molecule has 18 heavy (non-hydrogen) atoms. The van der Waals surface area contributed by atoms with Gasteiger partial charge >= 0.3 is 0 Å². The Morgan fingerprint density at radius 1 is 1.11 bits per heavy atom. The zero-order chi connectivity index (χ0) is 12.8. The maximum Gasteiger partial charge on any atom is 0.0771 e. The van der Waals surface area contributed by atoms with Gasteiger partial charge in [-0.25, -0.2) is 0 Å².